The van der Waals surface area contributed by atoms with Crippen LogP contribution in [0.25, 0.3) is 0 Å². The minimum absolute atomic E-state index is 0.0463. The number of alkyl halides is 3. The fourth-order valence-electron chi connectivity index (χ4n) is 3.57. The maximum atomic E-state index is 12.5. The number of hydrogen-bond acceptors (Lipinski definition) is 2. The van der Waals surface area contributed by atoms with E-state index in [1.54, 1.807) is 0 Å². The summed E-state index contributed by atoms with van der Waals surface area (Å²) in [5.41, 5.74) is -0.326. The zero-order valence-electron chi connectivity index (χ0n) is 11.6. The lowest BCUT2D eigenvalue weighted by molar-refractivity contribution is -0.137. The molecule has 1 aromatic rings. The van der Waals surface area contributed by atoms with Gasteiger partial charge in [0.25, 0.3) is 0 Å². The van der Waals surface area contributed by atoms with E-state index in [2.05, 4.69) is 5.32 Å². The van der Waals surface area contributed by atoms with Gasteiger partial charge in [-0.3, -0.25) is 4.79 Å². The number of ketones is 1. The van der Waals surface area contributed by atoms with E-state index in [1.807, 2.05) is 0 Å². The van der Waals surface area contributed by atoms with Gasteiger partial charge in [0, 0.05) is 24.1 Å². The number of carbonyl (C=O) groups excluding carboxylic acids is 1. The van der Waals surface area contributed by atoms with E-state index in [1.165, 1.54) is 25.0 Å². The van der Waals surface area contributed by atoms with Gasteiger partial charge in [0.1, 0.15) is 0 Å². The van der Waals surface area contributed by atoms with Gasteiger partial charge in [-0.15, -0.1) is 0 Å². The molecule has 2 fully saturated rings. The van der Waals surface area contributed by atoms with Gasteiger partial charge in [0.05, 0.1) is 5.56 Å². The predicted octanol–water partition coefficient (Wildman–Crippen LogP) is 3.81. The molecule has 0 radical (unpaired) electrons. The summed E-state index contributed by atoms with van der Waals surface area (Å²) in [7, 11) is 0. The van der Waals surface area contributed by atoms with E-state index in [0.717, 1.165) is 25.0 Å². The lowest BCUT2D eigenvalue weighted by Gasteiger charge is -2.28. The Hall–Kier alpha value is -1.36. The summed E-state index contributed by atoms with van der Waals surface area (Å²) in [6.45, 7) is 0. The third kappa shape index (κ3) is 3.28. The molecule has 2 aliphatic heterocycles. The number of nitrogens with one attached hydrogen (secondary N) is 1. The van der Waals surface area contributed by atoms with Crippen LogP contribution in [0.2, 0.25) is 0 Å². The zero-order chi connectivity index (χ0) is 15.0. The number of rotatable bonds is 3. The van der Waals surface area contributed by atoms with Crippen molar-refractivity contribution in [1.82, 2.24) is 5.32 Å². The quantitative estimate of drug-likeness (QED) is 0.860. The van der Waals surface area contributed by atoms with E-state index in [0.29, 0.717) is 30.0 Å². The Balaban J connectivity index is 1.63. The molecule has 2 nitrogen and oxygen atoms in total. The van der Waals surface area contributed by atoms with E-state index in [4.69, 9.17) is 0 Å². The predicted molar refractivity (Wildman–Crippen MR) is 73.1 cm³/mol. The molecule has 1 aromatic carbocycles. The molecule has 0 aromatic heterocycles. The van der Waals surface area contributed by atoms with Crippen LogP contribution >= 0.6 is 0 Å². The normalized spacial score (nSPS) is 28.6. The third-order valence-electron chi connectivity index (χ3n) is 4.58. The van der Waals surface area contributed by atoms with E-state index in [-0.39, 0.29) is 5.78 Å². The molecule has 2 heterocycles. The van der Waals surface area contributed by atoms with Crippen LogP contribution in [-0.2, 0) is 6.18 Å². The number of halogens is 3. The first-order valence-electron chi connectivity index (χ1n) is 7.38. The Bertz CT molecular complexity index is 511. The van der Waals surface area contributed by atoms with Gasteiger partial charge in [-0.25, -0.2) is 0 Å². The minimum Gasteiger partial charge on any atom is -0.311 e. The van der Waals surface area contributed by atoms with Crippen molar-refractivity contribution in [3.63, 3.8) is 0 Å². The molecule has 114 valence electrons. The first-order chi connectivity index (χ1) is 9.91. The van der Waals surface area contributed by atoms with Crippen molar-refractivity contribution in [2.45, 2.75) is 50.4 Å². The van der Waals surface area contributed by atoms with Gasteiger partial charge in [0.2, 0.25) is 0 Å². The highest BCUT2D eigenvalue weighted by Crippen LogP contribution is 2.34. The highest BCUT2D eigenvalue weighted by atomic mass is 19.4. The highest BCUT2D eigenvalue weighted by molar-refractivity contribution is 5.96. The summed E-state index contributed by atoms with van der Waals surface area (Å²) in [4.78, 5) is 12.2. The summed E-state index contributed by atoms with van der Waals surface area (Å²) in [6, 6.07) is 5.60. The molecular weight excluding hydrogens is 279 g/mol. The molecule has 0 spiro atoms. The molecule has 5 heteroatoms. The molecule has 1 N–H and O–H groups in total. The van der Waals surface area contributed by atoms with Crippen LogP contribution in [0.1, 0.15) is 48.0 Å². The topological polar surface area (TPSA) is 29.1 Å². The number of piperidine rings is 1. The number of benzene rings is 1. The molecule has 2 atom stereocenters. The summed E-state index contributed by atoms with van der Waals surface area (Å²) >= 11 is 0. The number of Topliss-reactive ketones (excluding diaryl/α,β-unsaturated/α-hetero) is 1. The van der Waals surface area contributed by atoms with Crippen LogP contribution in [0.5, 0.6) is 0 Å². The van der Waals surface area contributed by atoms with Gasteiger partial charge >= 0.3 is 6.18 Å². The fourth-order valence-corrected chi connectivity index (χ4v) is 3.57. The maximum absolute atomic E-state index is 12.5. The van der Waals surface area contributed by atoms with Crippen LogP contribution in [0.15, 0.2) is 24.3 Å². The Morgan fingerprint density at radius 2 is 1.67 bits per heavy atom. The largest absolute Gasteiger partial charge is 0.416 e. The molecule has 2 bridgehead atoms. The van der Waals surface area contributed by atoms with Crippen LogP contribution in [-0.4, -0.2) is 17.9 Å². The van der Waals surface area contributed by atoms with Crippen LogP contribution < -0.4 is 5.32 Å². The van der Waals surface area contributed by atoms with Gasteiger partial charge in [0.15, 0.2) is 5.78 Å². The number of hydrogen-bond donors (Lipinski definition) is 1. The SMILES string of the molecule is O=C(CC1CC2CCC(C1)N2)c1ccc(C(F)(F)F)cc1. The van der Waals surface area contributed by atoms with E-state index < -0.39 is 11.7 Å². The Labute approximate surface area is 121 Å². The van der Waals surface area contributed by atoms with Crippen molar-refractivity contribution in [2.24, 2.45) is 5.92 Å². The van der Waals surface area contributed by atoms with Gasteiger partial charge in [-0.05, 0) is 43.7 Å². The first-order valence-corrected chi connectivity index (χ1v) is 7.38. The summed E-state index contributed by atoms with van der Waals surface area (Å²) in [5.74, 6) is 0.313. The maximum Gasteiger partial charge on any atom is 0.416 e. The van der Waals surface area contributed by atoms with Crippen molar-refractivity contribution in [3.05, 3.63) is 35.4 Å². The van der Waals surface area contributed by atoms with Crippen LogP contribution in [0.3, 0.4) is 0 Å². The Morgan fingerprint density at radius 1 is 1.10 bits per heavy atom. The second-order valence-electron chi connectivity index (χ2n) is 6.18. The average molecular weight is 297 g/mol. The van der Waals surface area contributed by atoms with Gasteiger partial charge in [-0.2, -0.15) is 13.2 Å². The van der Waals surface area contributed by atoms with Crippen LogP contribution in [0, 0.1) is 5.92 Å². The van der Waals surface area contributed by atoms with Gasteiger partial charge < -0.3 is 5.32 Å². The lowest BCUT2D eigenvalue weighted by atomic mass is 9.87. The molecule has 2 saturated heterocycles. The van der Waals surface area contributed by atoms with Crippen molar-refractivity contribution >= 4 is 5.78 Å². The number of carbonyl (C=O) groups is 1. The first kappa shape index (κ1) is 14.6. The second kappa shape index (κ2) is 5.44. The molecule has 2 unspecified atom stereocenters. The minimum atomic E-state index is -4.35. The fraction of sp³-hybridized carbons (Fsp3) is 0.562. The molecule has 2 aliphatic rings. The average Bonchev–Trinajstić information content (AvgIpc) is 2.77. The monoisotopic (exact) mass is 297 g/mol. The van der Waals surface area contributed by atoms with E-state index in [9.17, 15) is 18.0 Å². The molecule has 0 saturated carbocycles. The Morgan fingerprint density at radius 3 is 2.19 bits per heavy atom. The Kier molecular flexibility index (Phi) is 3.78. The molecule has 21 heavy (non-hydrogen) atoms. The van der Waals surface area contributed by atoms with E-state index >= 15 is 0 Å². The van der Waals surface area contributed by atoms with Crippen molar-refractivity contribution < 1.29 is 18.0 Å². The smallest absolute Gasteiger partial charge is 0.311 e. The highest BCUT2D eigenvalue weighted by Gasteiger charge is 2.34. The lowest BCUT2D eigenvalue weighted by Crippen LogP contribution is -2.38. The molecular formula is C16H18F3NO. The molecule has 0 aliphatic carbocycles. The van der Waals surface area contributed by atoms with Crippen molar-refractivity contribution in [2.75, 3.05) is 0 Å². The summed E-state index contributed by atoms with van der Waals surface area (Å²) in [5, 5.41) is 3.52. The molecule has 0 amide bonds. The zero-order valence-corrected chi connectivity index (χ0v) is 11.6. The number of fused-ring (bicyclic) bond motifs is 2. The van der Waals surface area contributed by atoms with Crippen LogP contribution in [0.4, 0.5) is 13.2 Å². The van der Waals surface area contributed by atoms with Crippen molar-refractivity contribution in [1.29, 1.82) is 0 Å². The standard InChI is InChI=1S/C16H18F3NO/c17-16(18,19)12-3-1-11(2-4-12)15(21)9-10-7-13-5-6-14(8-10)20-13/h1-4,10,13-14,20H,5-9H2. The summed E-state index contributed by atoms with van der Waals surface area (Å²) in [6.07, 6.45) is 0.451. The summed E-state index contributed by atoms with van der Waals surface area (Å²) < 4.78 is 37.5. The third-order valence-corrected chi connectivity index (χ3v) is 4.58. The van der Waals surface area contributed by atoms with Crippen molar-refractivity contribution in [3.8, 4) is 0 Å². The van der Waals surface area contributed by atoms with Gasteiger partial charge in [-0.1, -0.05) is 12.1 Å². The second-order valence-corrected chi connectivity index (χ2v) is 6.18. The molecule has 3 rings (SSSR count).